The van der Waals surface area contributed by atoms with Gasteiger partial charge in [-0.25, -0.2) is 0 Å². The Labute approximate surface area is 86.7 Å². The molecule has 0 spiro atoms. The van der Waals surface area contributed by atoms with Crippen LogP contribution in [-0.2, 0) is 9.53 Å². The zero-order valence-corrected chi connectivity index (χ0v) is 10.2. The molecule has 0 amide bonds. The van der Waals surface area contributed by atoms with Crippen molar-refractivity contribution in [2.24, 2.45) is 0 Å². The van der Waals surface area contributed by atoms with Crippen molar-refractivity contribution >= 4 is 14.0 Å². The monoisotopic (exact) mass is 210 g/mol. The number of rotatable bonds is 4. The maximum Gasteiger partial charge on any atom is 0.305 e. The summed E-state index contributed by atoms with van der Waals surface area (Å²) in [5.41, 5.74) is 0. The lowest BCUT2D eigenvalue weighted by molar-refractivity contribution is -0.140. The van der Waals surface area contributed by atoms with Gasteiger partial charge in [0.15, 0.2) is 0 Å². The van der Waals surface area contributed by atoms with E-state index in [4.69, 9.17) is 0 Å². The molecule has 2 nitrogen and oxygen atoms in total. The maximum atomic E-state index is 11.0. The molecule has 1 aliphatic carbocycles. The van der Waals surface area contributed by atoms with Crippen molar-refractivity contribution in [2.45, 2.75) is 32.0 Å². The Morgan fingerprint density at radius 2 is 2.29 bits per heavy atom. The Bertz CT molecular complexity index is 277. The van der Waals surface area contributed by atoms with Crippen LogP contribution in [0.25, 0.3) is 0 Å². The van der Waals surface area contributed by atoms with Crippen LogP contribution in [0.4, 0.5) is 0 Å². The van der Waals surface area contributed by atoms with Gasteiger partial charge in [0.25, 0.3) is 0 Å². The van der Waals surface area contributed by atoms with Gasteiger partial charge in [0.05, 0.1) is 15.2 Å². The molecule has 0 unspecified atom stereocenters. The highest BCUT2D eigenvalue weighted by Crippen LogP contribution is 2.27. The first-order valence-electron chi connectivity index (χ1n) is 4.99. The molecule has 14 heavy (non-hydrogen) atoms. The molecule has 1 aliphatic rings. The SMILES string of the molecule is COC(=O)CC[Si](C)(C)C1=CC=CC1. The zero-order chi connectivity index (χ0) is 10.6. The van der Waals surface area contributed by atoms with Crippen LogP contribution in [0.3, 0.4) is 0 Å². The lowest BCUT2D eigenvalue weighted by Gasteiger charge is -2.23. The summed E-state index contributed by atoms with van der Waals surface area (Å²) in [7, 11) is 0.100. The number of carbonyl (C=O) groups is 1. The van der Waals surface area contributed by atoms with Crippen LogP contribution in [0.5, 0.6) is 0 Å². The summed E-state index contributed by atoms with van der Waals surface area (Å²) in [6.45, 7) is 4.63. The van der Waals surface area contributed by atoms with Crippen molar-refractivity contribution in [3.63, 3.8) is 0 Å². The van der Waals surface area contributed by atoms with E-state index < -0.39 is 8.07 Å². The van der Waals surface area contributed by atoms with Gasteiger partial charge < -0.3 is 4.74 Å². The Morgan fingerprint density at radius 1 is 1.57 bits per heavy atom. The van der Waals surface area contributed by atoms with Crippen LogP contribution in [0, 0.1) is 0 Å². The first-order chi connectivity index (χ1) is 6.56. The molecular weight excluding hydrogens is 192 g/mol. The topological polar surface area (TPSA) is 26.3 Å². The third kappa shape index (κ3) is 2.84. The molecular formula is C11H18O2Si. The van der Waals surface area contributed by atoms with Gasteiger partial charge in [-0.05, 0) is 12.5 Å². The van der Waals surface area contributed by atoms with Gasteiger partial charge in [-0.2, -0.15) is 0 Å². The van der Waals surface area contributed by atoms with Crippen molar-refractivity contribution < 1.29 is 9.53 Å². The van der Waals surface area contributed by atoms with E-state index in [2.05, 4.69) is 36.1 Å². The highest BCUT2D eigenvalue weighted by atomic mass is 28.3. The molecule has 78 valence electrons. The number of hydrogen-bond acceptors (Lipinski definition) is 2. The van der Waals surface area contributed by atoms with Gasteiger partial charge in [0.2, 0.25) is 0 Å². The van der Waals surface area contributed by atoms with E-state index >= 15 is 0 Å². The summed E-state index contributed by atoms with van der Waals surface area (Å²) < 4.78 is 4.66. The average Bonchev–Trinajstić information content (AvgIpc) is 2.67. The summed E-state index contributed by atoms with van der Waals surface area (Å²) >= 11 is 0. The van der Waals surface area contributed by atoms with Crippen molar-refractivity contribution in [1.29, 1.82) is 0 Å². The summed E-state index contributed by atoms with van der Waals surface area (Å²) in [6.07, 6.45) is 8.15. The molecule has 0 N–H and O–H groups in total. The molecule has 0 aromatic heterocycles. The third-order valence-electron chi connectivity index (χ3n) is 2.82. The number of allylic oxidation sites excluding steroid dienone is 4. The highest BCUT2D eigenvalue weighted by Gasteiger charge is 2.26. The van der Waals surface area contributed by atoms with Gasteiger partial charge >= 0.3 is 5.97 Å². The minimum atomic E-state index is -1.35. The third-order valence-corrected chi connectivity index (χ3v) is 6.43. The summed E-state index contributed by atoms with van der Waals surface area (Å²) in [4.78, 5) is 11.0. The van der Waals surface area contributed by atoms with E-state index in [1.807, 2.05) is 0 Å². The van der Waals surface area contributed by atoms with E-state index in [-0.39, 0.29) is 5.97 Å². The average molecular weight is 210 g/mol. The Morgan fingerprint density at radius 3 is 2.79 bits per heavy atom. The van der Waals surface area contributed by atoms with Crippen LogP contribution < -0.4 is 0 Å². The number of methoxy groups -OCH3 is 1. The van der Waals surface area contributed by atoms with Crippen molar-refractivity contribution in [1.82, 2.24) is 0 Å². The van der Waals surface area contributed by atoms with Crippen LogP contribution >= 0.6 is 0 Å². The van der Waals surface area contributed by atoms with Crippen LogP contribution in [0.2, 0.25) is 19.1 Å². The molecule has 0 saturated carbocycles. The van der Waals surface area contributed by atoms with Gasteiger partial charge in [0, 0.05) is 6.42 Å². The number of esters is 1. The minimum absolute atomic E-state index is 0.0860. The molecule has 0 aromatic rings. The number of ether oxygens (including phenoxy) is 1. The van der Waals surface area contributed by atoms with E-state index in [1.165, 1.54) is 7.11 Å². The minimum Gasteiger partial charge on any atom is -0.469 e. The Balaban J connectivity index is 2.45. The first-order valence-corrected chi connectivity index (χ1v) is 8.20. The lowest BCUT2D eigenvalue weighted by atomic mass is 10.5. The zero-order valence-electron chi connectivity index (χ0n) is 9.17. The van der Waals surface area contributed by atoms with Crippen LogP contribution in [0.15, 0.2) is 23.4 Å². The second-order valence-corrected chi connectivity index (χ2v) is 9.19. The largest absolute Gasteiger partial charge is 0.469 e. The van der Waals surface area contributed by atoms with E-state index in [0.717, 1.165) is 12.5 Å². The summed E-state index contributed by atoms with van der Waals surface area (Å²) in [6, 6.07) is 0.993. The van der Waals surface area contributed by atoms with Crippen LogP contribution in [-0.4, -0.2) is 21.2 Å². The Hall–Kier alpha value is -0.833. The standard InChI is InChI=1S/C11H18O2Si/c1-13-11(12)8-9-14(2,3)10-6-4-5-7-10/h4-6H,7-9H2,1-3H3. The van der Waals surface area contributed by atoms with E-state index in [1.54, 1.807) is 5.20 Å². The maximum absolute atomic E-state index is 11.0. The fraction of sp³-hybridized carbons (Fsp3) is 0.545. The van der Waals surface area contributed by atoms with Crippen molar-refractivity contribution in [3.05, 3.63) is 23.4 Å². The van der Waals surface area contributed by atoms with Gasteiger partial charge in [-0.3, -0.25) is 4.79 Å². The molecule has 0 atom stereocenters. The number of carbonyl (C=O) groups excluding carboxylic acids is 1. The second-order valence-electron chi connectivity index (χ2n) is 4.28. The van der Waals surface area contributed by atoms with Gasteiger partial charge in [-0.1, -0.05) is 36.5 Å². The predicted molar refractivity (Wildman–Crippen MR) is 60.8 cm³/mol. The van der Waals surface area contributed by atoms with Crippen molar-refractivity contribution in [2.75, 3.05) is 7.11 Å². The van der Waals surface area contributed by atoms with Crippen LogP contribution in [0.1, 0.15) is 12.8 Å². The second kappa shape index (κ2) is 4.60. The molecule has 0 saturated heterocycles. The van der Waals surface area contributed by atoms with Crippen molar-refractivity contribution in [3.8, 4) is 0 Å². The fourth-order valence-electron chi connectivity index (χ4n) is 1.63. The normalized spacial score (nSPS) is 15.5. The molecule has 0 bridgehead atoms. The van der Waals surface area contributed by atoms with Gasteiger partial charge in [-0.15, -0.1) is 0 Å². The first kappa shape index (κ1) is 11.2. The Kier molecular flexibility index (Phi) is 3.69. The quantitative estimate of drug-likeness (QED) is 0.527. The molecule has 1 rings (SSSR count). The number of hydrogen-bond donors (Lipinski definition) is 0. The molecule has 0 aliphatic heterocycles. The molecule has 0 radical (unpaired) electrons. The smallest absolute Gasteiger partial charge is 0.305 e. The van der Waals surface area contributed by atoms with E-state index in [9.17, 15) is 4.79 Å². The highest BCUT2D eigenvalue weighted by molar-refractivity contribution is 6.84. The summed E-state index contributed by atoms with van der Waals surface area (Å²) in [5.74, 6) is -0.0860. The molecule has 0 fully saturated rings. The van der Waals surface area contributed by atoms with Gasteiger partial charge in [0.1, 0.15) is 0 Å². The molecule has 3 heteroatoms. The molecule has 0 aromatic carbocycles. The fourth-order valence-corrected chi connectivity index (χ4v) is 3.99. The lowest BCUT2D eigenvalue weighted by Crippen LogP contribution is -2.29. The predicted octanol–water partition coefficient (Wildman–Crippen LogP) is 2.68. The summed E-state index contributed by atoms with van der Waals surface area (Å²) in [5, 5.41) is 1.54. The van der Waals surface area contributed by atoms with E-state index in [0.29, 0.717) is 6.42 Å². The molecule has 0 heterocycles.